The summed E-state index contributed by atoms with van der Waals surface area (Å²) in [5, 5.41) is 0. The first kappa shape index (κ1) is 11.9. The Bertz CT molecular complexity index is 202. The van der Waals surface area contributed by atoms with Gasteiger partial charge in [0.2, 0.25) is 0 Å². The number of unbranched alkanes of at least 4 members (excludes halogenated alkanes) is 2. The maximum Gasteiger partial charge on any atom is 0.333 e. The van der Waals surface area contributed by atoms with Crippen LogP contribution in [0, 0.1) is 0 Å². The van der Waals surface area contributed by atoms with Crippen LogP contribution in [0.1, 0.15) is 33.1 Å². The minimum Gasteiger partial charge on any atom is -0.466 e. The van der Waals surface area contributed by atoms with Gasteiger partial charge in [0.15, 0.2) is 0 Å². The molecule has 0 aliphatic heterocycles. The van der Waals surface area contributed by atoms with Crippen LogP contribution in [-0.4, -0.2) is 13.1 Å². The topological polar surface area (TPSA) is 26.3 Å². The Kier molecular flexibility index (Phi) is 6.98. The molecule has 13 heavy (non-hydrogen) atoms. The van der Waals surface area contributed by atoms with E-state index in [-0.39, 0.29) is 5.97 Å². The number of carbonyl (C=O) groups is 1. The summed E-state index contributed by atoms with van der Waals surface area (Å²) < 4.78 is 4.55. The molecule has 0 atom stereocenters. The van der Waals surface area contributed by atoms with Crippen LogP contribution in [-0.2, 0) is 9.53 Å². The van der Waals surface area contributed by atoms with Crippen LogP contribution in [0.5, 0.6) is 0 Å². The number of allylic oxidation sites excluding steroid dienone is 3. The summed E-state index contributed by atoms with van der Waals surface area (Å²) >= 11 is 0. The Balaban J connectivity index is 3.82. The van der Waals surface area contributed by atoms with Crippen molar-refractivity contribution in [3.63, 3.8) is 0 Å². The third-order valence-electron chi connectivity index (χ3n) is 1.71. The van der Waals surface area contributed by atoms with E-state index in [2.05, 4.69) is 17.7 Å². The van der Waals surface area contributed by atoms with Crippen molar-refractivity contribution >= 4 is 5.97 Å². The zero-order valence-corrected chi connectivity index (χ0v) is 8.67. The highest BCUT2D eigenvalue weighted by molar-refractivity contribution is 5.87. The lowest BCUT2D eigenvalue weighted by Crippen LogP contribution is -2.00. The standard InChI is InChI=1S/C11H18O2/c1-4-5-6-7-8-9-10(2)11(12)13-3/h7-9H,4-6H2,1-3H3/b8-7+,10-9-. The first-order valence-electron chi connectivity index (χ1n) is 4.64. The Morgan fingerprint density at radius 1 is 1.46 bits per heavy atom. The molecule has 0 aliphatic carbocycles. The Morgan fingerprint density at radius 2 is 2.15 bits per heavy atom. The first-order valence-corrected chi connectivity index (χ1v) is 4.64. The molecule has 0 aliphatic rings. The number of hydrogen-bond donors (Lipinski definition) is 0. The maximum absolute atomic E-state index is 10.9. The second-order valence-electron chi connectivity index (χ2n) is 2.91. The van der Waals surface area contributed by atoms with Gasteiger partial charge in [0.25, 0.3) is 0 Å². The molecule has 2 nitrogen and oxygen atoms in total. The van der Waals surface area contributed by atoms with Crippen LogP contribution < -0.4 is 0 Å². The second kappa shape index (κ2) is 7.59. The minimum atomic E-state index is -0.264. The van der Waals surface area contributed by atoms with Gasteiger partial charge in [0, 0.05) is 5.57 Å². The monoisotopic (exact) mass is 182 g/mol. The SMILES string of the molecule is CCCC/C=C/C=C(/C)C(=O)OC. The van der Waals surface area contributed by atoms with Gasteiger partial charge in [0.05, 0.1) is 7.11 Å². The smallest absolute Gasteiger partial charge is 0.333 e. The predicted octanol–water partition coefficient (Wildman–Crippen LogP) is 2.85. The third-order valence-corrected chi connectivity index (χ3v) is 1.71. The Hall–Kier alpha value is -1.05. The van der Waals surface area contributed by atoms with Crippen LogP contribution >= 0.6 is 0 Å². The van der Waals surface area contributed by atoms with Crippen molar-refractivity contribution in [1.29, 1.82) is 0 Å². The van der Waals surface area contributed by atoms with Crippen molar-refractivity contribution in [2.75, 3.05) is 7.11 Å². The van der Waals surface area contributed by atoms with Gasteiger partial charge in [-0.1, -0.05) is 38.0 Å². The quantitative estimate of drug-likeness (QED) is 0.283. The summed E-state index contributed by atoms with van der Waals surface area (Å²) in [6.45, 7) is 3.90. The molecule has 0 aromatic heterocycles. The molecular formula is C11H18O2. The van der Waals surface area contributed by atoms with E-state index < -0.39 is 0 Å². The summed E-state index contributed by atoms with van der Waals surface area (Å²) in [7, 11) is 1.39. The molecule has 2 heteroatoms. The van der Waals surface area contributed by atoms with Crippen molar-refractivity contribution < 1.29 is 9.53 Å². The number of esters is 1. The molecule has 0 heterocycles. The molecule has 0 saturated heterocycles. The van der Waals surface area contributed by atoms with Crippen LogP contribution in [0.3, 0.4) is 0 Å². The van der Waals surface area contributed by atoms with Gasteiger partial charge >= 0.3 is 5.97 Å². The van der Waals surface area contributed by atoms with E-state index in [0.717, 1.165) is 6.42 Å². The predicted molar refractivity (Wildman–Crippen MR) is 54.4 cm³/mol. The van der Waals surface area contributed by atoms with E-state index in [1.54, 1.807) is 13.0 Å². The van der Waals surface area contributed by atoms with Gasteiger partial charge in [-0.05, 0) is 13.3 Å². The number of hydrogen-bond acceptors (Lipinski definition) is 2. The fourth-order valence-electron chi connectivity index (χ4n) is 0.860. The third kappa shape index (κ3) is 6.14. The number of ether oxygens (including phenoxy) is 1. The van der Waals surface area contributed by atoms with E-state index >= 15 is 0 Å². The first-order chi connectivity index (χ1) is 6.22. The van der Waals surface area contributed by atoms with Gasteiger partial charge in [-0.15, -0.1) is 0 Å². The highest BCUT2D eigenvalue weighted by atomic mass is 16.5. The van der Waals surface area contributed by atoms with E-state index in [0.29, 0.717) is 5.57 Å². The lowest BCUT2D eigenvalue weighted by molar-refractivity contribution is -0.136. The molecule has 0 aromatic rings. The number of methoxy groups -OCH3 is 1. The second-order valence-corrected chi connectivity index (χ2v) is 2.91. The summed E-state index contributed by atoms with van der Waals surface area (Å²) in [4.78, 5) is 10.9. The van der Waals surface area contributed by atoms with Crippen molar-refractivity contribution in [2.24, 2.45) is 0 Å². The molecule has 0 aromatic carbocycles. The van der Waals surface area contributed by atoms with Crippen molar-refractivity contribution in [1.82, 2.24) is 0 Å². The van der Waals surface area contributed by atoms with Gasteiger partial charge in [-0.2, -0.15) is 0 Å². The molecule has 0 spiro atoms. The number of rotatable bonds is 5. The summed E-state index contributed by atoms with van der Waals surface area (Å²) in [6.07, 6.45) is 9.21. The zero-order chi connectivity index (χ0) is 10.1. The van der Waals surface area contributed by atoms with Crippen LogP contribution in [0.15, 0.2) is 23.8 Å². The van der Waals surface area contributed by atoms with Crippen molar-refractivity contribution in [3.05, 3.63) is 23.8 Å². The average molecular weight is 182 g/mol. The van der Waals surface area contributed by atoms with E-state index in [1.807, 2.05) is 6.08 Å². The lowest BCUT2D eigenvalue weighted by Gasteiger charge is -1.95. The molecule has 0 radical (unpaired) electrons. The summed E-state index contributed by atoms with van der Waals surface area (Å²) in [6, 6.07) is 0. The highest BCUT2D eigenvalue weighted by Crippen LogP contribution is 1.98. The largest absolute Gasteiger partial charge is 0.466 e. The average Bonchev–Trinajstić information content (AvgIpc) is 2.16. The van der Waals surface area contributed by atoms with E-state index in [4.69, 9.17) is 0 Å². The number of carbonyl (C=O) groups excluding carboxylic acids is 1. The Labute approximate surface area is 80.3 Å². The molecular weight excluding hydrogens is 164 g/mol. The Morgan fingerprint density at radius 3 is 2.69 bits per heavy atom. The fraction of sp³-hybridized carbons (Fsp3) is 0.545. The minimum absolute atomic E-state index is 0.264. The highest BCUT2D eigenvalue weighted by Gasteiger charge is 1.99. The van der Waals surface area contributed by atoms with Gasteiger partial charge in [0.1, 0.15) is 0 Å². The van der Waals surface area contributed by atoms with Gasteiger partial charge in [-0.25, -0.2) is 4.79 Å². The zero-order valence-electron chi connectivity index (χ0n) is 8.67. The lowest BCUT2D eigenvalue weighted by atomic mass is 10.2. The van der Waals surface area contributed by atoms with Crippen LogP contribution in [0.25, 0.3) is 0 Å². The molecule has 0 unspecified atom stereocenters. The molecule has 0 amide bonds. The maximum atomic E-state index is 10.9. The van der Waals surface area contributed by atoms with Gasteiger partial charge in [-0.3, -0.25) is 0 Å². The molecule has 0 N–H and O–H groups in total. The molecule has 74 valence electrons. The van der Waals surface area contributed by atoms with E-state index in [9.17, 15) is 4.79 Å². The summed E-state index contributed by atoms with van der Waals surface area (Å²) in [5.41, 5.74) is 0.634. The molecule has 0 fully saturated rings. The van der Waals surface area contributed by atoms with Crippen molar-refractivity contribution in [3.8, 4) is 0 Å². The molecule has 0 rings (SSSR count). The normalized spacial score (nSPS) is 12.1. The van der Waals surface area contributed by atoms with Crippen LogP contribution in [0.4, 0.5) is 0 Å². The van der Waals surface area contributed by atoms with E-state index in [1.165, 1.54) is 20.0 Å². The molecule has 0 saturated carbocycles. The fourth-order valence-corrected chi connectivity index (χ4v) is 0.860. The van der Waals surface area contributed by atoms with Crippen molar-refractivity contribution in [2.45, 2.75) is 33.1 Å². The summed E-state index contributed by atoms with van der Waals surface area (Å²) in [5.74, 6) is -0.264. The van der Waals surface area contributed by atoms with Crippen LogP contribution in [0.2, 0.25) is 0 Å². The van der Waals surface area contributed by atoms with Gasteiger partial charge < -0.3 is 4.74 Å². The molecule has 0 bridgehead atoms.